The highest BCUT2D eigenvalue weighted by molar-refractivity contribution is 7.21. The molecule has 32 heavy (non-hydrogen) atoms. The third-order valence-electron chi connectivity index (χ3n) is 5.28. The van der Waals surface area contributed by atoms with Gasteiger partial charge in [-0.25, -0.2) is 14.2 Å². The summed E-state index contributed by atoms with van der Waals surface area (Å²) in [5.41, 5.74) is -2.65. The molecule has 0 radical (unpaired) electrons. The lowest BCUT2D eigenvalue weighted by molar-refractivity contribution is -0.146. The Morgan fingerprint density at radius 1 is 1.28 bits per heavy atom. The Morgan fingerprint density at radius 3 is 2.44 bits per heavy atom. The molecule has 0 bridgehead atoms. The predicted octanol–water partition coefficient (Wildman–Crippen LogP) is 1.11. The number of aliphatic hydroxyl groups excluding tert-OH is 1. The molecule has 0 aliphatic rings. The number of thiophene rings is 1. The minimum absolute atomic E-state index is 0.0838. The number of aliphatic hydroxyl groups is 1. The maximum atomic E-state index is 13.5. The zero-order valence-corrected chi connectivity index (χ0v) is 19.4. The number of hydrogen-bond acceptors (Lipinski definition) is 8. The monoisotopic (exact) mass is 465 g/mol. The molecule has 0 aromatic carbocycles. The van der Waals surface area contributed by atoms with Crippen molar-refractivity contribution in [2.75, 3.05) is 6.61 Å². The Labute approximate surface area is 187 Å². The summed E-state index contributed by atoms with van der Waals surface area (Å²) in [6, 6.07) is 0. The highest BCUT2D eigenvalue weighted by Gasteiger charge is 2.35. The highest BCUT2D eigenvalue weighted by Crippen LogP contribution is 2.31. The fourth-order valence-corrected chi connectivity index (χ4v) is 4.59. The van der Waals surface area contributed by atoms with E-state index in [1.54, 1.807) is 13.8 Å². The van der Waals surface area contributed by atoms with Gasteiger partial charge in [-0.1, -0.05) is 18.3 Å². The number of carboxylic acids is 1. The first-order valence-electron chi connectivity index (χ1n) is 10.2. The van der Waals surface area contributed by atoms with Crippen LogP contribution in [0.5, 0.6) is 0 Å². The number of ether oxygens (including phenoxy) is 1. The first-order chi connectivity index (χ1) is 15.0. The van der Waals surface area contributed by atoms with Crippen LogP contribution in [0.1, 0.15) is 39.7 Å². The molecule has 2 atom stereocenters. The SMILES string of the molecule is CC[C@H](Cn1c(=O)n(C(C)(C)C(=O)O)c(=O)c2c(C)c(-n3nccn3)sc21)OC[C@@H](C)O. The van der Waals surface area contributed by atoms with E-state index in [4.69, 9.17) is 4.74 Å². The third-order valence-corrected chi connectivity index (χ3v) is 6.57. The lowest BCUT2D eigenvalue weighted by Crippen LogP contribution is -2.53. The summed E-state index contributed by atoms with van der Waals surface area (Å²) >= 11 is 1.18. The lowest BCUT2D eigenvalue weighted by atomic mass is 10.1. The number of rotatable bonds is 9. The second kappa shape index (κ2) is 8.96. The first-order valence-corrected chi connectivity index (χ1v) is 11.0. The number of fused-ring (bicyclic) bond motifs is 1. The molecule has 0 saturated carbocycles. The topological polar surface area (TPSA) is 141 Å². The number of nitrogens with zero attached hydrogens (tertiary/aromatic N) is 5. The van der Waals surface area contributed by atoms with Crippen molar-refractivity contribution in [3.8, 4) is 5.00 Å². The van der Waals surface area contributed by atoms with Crippen LogP contribution in [0.2, 0.25) is 0 Å². The number of aryl methyl sites for hydroxylation is 1. The highest BCUT2D eigenvalue weighted by atomic mass is 32.1. The zero-order chi connectivity index (χ0) is 23.8. The van der Waals surface area contributed by atoms with Crippen LogP contribution in [0.25, 0.3) is 15.2 Å². The molecule has 0 unspecified atom stereocenters. The van der Waals surface area contributed by atoms with Crippen LogP contribution in [0.15, 0.2) is 22.0 Å². The van der Waals surface area contributed by atoms with Crippen LogP contribution in [0, 0.1) is 6.92 Å². The minimum atomic E-state index is -1.77. The van der Waals surface area contributed by atoms with E-state index in [1.165, 1.54) is 46.9 Å². The van der Waals surface area contributed by atoms with Gasteiger partial charge in [0.1, 0.15) is 15.4 Å². The van der Waals surface area contributed by atoms with E-state index in [2.05, 4.69) is 10.2 Å². The lowest BCUT2D eigenvalue weighted by Gasteiger charge is -2.25. The summed E-state index contributed by atoms with van der Waals surface area (Å²) in [5.74, 6) is -1.30. The van der Waals surface area contributed by atoms with Gasteiger partial charge in [0.2, 0.25) is 0 Å². The molecule has 174 valence electrons. The summed E-state index contributed by atoms with van der Waals surface area (Å²) in [6.07, 6.45) is 2.43. The Morgan fingerprint density at radius 2 is 1.91 bits per heavy atom. The molecule has 3 aromatic heterocycles. The maximum absolute atomic E-state index is 13.5. The van der Waals surface area contributed by atoms with Gasteiger partial charge in [-0.2, -0.15) is 10.2 Å². The van der Waals surface area contributed by atoms with E-state index in [0.717, 1.165) is 4.57 Å². The van der Waals surface area contributed by atoms with Crippen molar-refractivity contribution in [1.82, 2.24) is 24.1 Å². The molecule has 0 fully saturated rings. The smallest absolute Gasteiger partial charge is 0.333 e. The molecule has 3 aromatic rings. The van der Waals surface area contributed by atoms with Crippen molar-refractivity contribution in [3.63, 3.8) is 0 Å². The van der Waals surface area contributed by atoms with Crippen molar-refractivity contribution in [3.05, 3.63) is 38.8 Å². The first kappa shape index (κ1) is 23.8. The van der Waals surface area contributed by atoms with Crippen LogP contribution in [-0.2, 0) is 21.6 Å². The summed E-state index contributed by atoms with van der Waals surface area (Å²) in [6.45, 7) is 7.99. The number of carboxylic acid groups (broad SMARTS) is 1. The van der Waals surface area contributed by atoms with Gasteiger partial charge in [0.25, 0.3) is 5.56 Å². The summed E-state index contributed by atoms with van der Waals surface area (Å²) in [4.78, 5) is 40.6. The predicted molar refractivity (Wildman–Crippen MR) is 119 cm³/mol. The van der Waals surface area contributed by atoms with Crippen LogP contribution in [-0.4, -0.2) is 59.1 Å². The molecule has 2 N–H and O–H groups in total. The Bertz CT molecular complexity index is 1240. The summed E-state index contributed by atoms with van der Waals surface area (Å²) < 4.78 is 7.89. The molecule has 0 aliphatic carbocycles. The van der Waals surface area contributed by atoms with Gasteiger partial charge in [-0.05, 0) is 34.1 Å². The number of carbonyl (C=O) groups is 1. The summed E-state index contributed by atoms with van der Waals surface area (Å²) in [7, 11) is 0. The van der Waals surface area contributed by atoms with E-state index in [1.807, 2.05) is 6.92 Å². The summed E-state index contributed by atoms with van der Waals surface area (Å²) in [5, 5.41) is 28.3. The third kappa shape index (κ3) is 4.12. The van der Waals surface area contributed by atoms with Crippen LogP contribution in [0.3, 0.4) is 0 Å². The molecule has 0 spiro atoms. The largest absolute Gasteiger partial charge is 0.480 e. The molecule has 3 heterocycles. The number of aliphatic carboxylic acids is 1. The second-order valence-electron chi connectivity index (χ2n) is 8.14. The van der Waals surface area contributed by atoms with Gasteiger partial charge in [-0.3, -0.25) is 9.36 Å². The van der Waals surface area contributed by atoms with Crippen molar-refractivity contribution in [2.45, 2.75) is 65.3 Å². The van der Waals surface area contributed by atoms with E-state index >= 15 is 0 Å². The van der Waals surface area contributed by atoms with Crippen molar-refractivity contribution < 1.29 is 19.7 Å². The normalized spacial score (nSPS) is 14.1. The van der Waals surface area contributed by atoms with Crippen LogP contribution < -0.4 is 11.2 Å². The van der Waals surface area contributed by atoms with E-state index < -0.39 is 35.0 Å². The molecule has 0 amide bonds. The molecular weight excluding hydrogens is 438 g/mol. The molecule has 0 saturated heterocycles. The molecule has 12 heteroatoms. The number of hydrogen-bond donors (Lipinski definition) is 2. The quantitative estimate of drug-likeness (QED) is 0.479. The molecule has 0 aliphatic heterocycles. The van der Waals surface area contributed by atoms with Gasteiger partial charge < -0.3 is 14.9 Å². The van der Waals surface area contributed by atoms with Gasteiger partial charge in [0.05, 0.1) is 43.1 Å². The average Bonchev–Trinajstić information content (AvgIpc) is 3.35. The number of aromatic nitrogens is 5. The van der Waals surface area contributed by atoms with Crippen molar-refractivity contribution in [2.24, 2.45) is 0 Å². The maximum Gasteiger partial charge on any atom is 0.333 e. The second-order valence-corrected chi connectivity index (χ2v) is 9.12. The van der Waals surface area contributed by atoms with Crippen LogP contribution in [0.4, 0.5) is 0 Å². The van der Waals surface area contributed by atoms with Gasteiger partial charge in [-0.15, -0.1) is 4.80 Å². The van der Waals surface area contributed by atoms with Gasteiger partial charge >= 0.3 is 11.7 Å². The fourth-order valence-electron chi connectivity index (χ4n) is 3.37. The van der Waals surface area contributed by atoms with Crippen molar-refractivity contribution in [1.29, 1.82) is 0 Å². The van der Waals surface area contributed by atoms with E-state index in [0.29, 0.717) is 21.8 Å². The molecule has 11 nitrogen and oxygen atoms in total. The Kier molecular flexibility index (Phi) is 6.67. The fraction of sp³-hybridized carbons (Fsp3) is 0.550. The van der Waals surface area contributed by atoms with Crippen molar-refractivity contribution >= 4 is 27.5 Å². The van der Waals surface area contributed by atoms with Gasteiger partial charge in [0.15, 0.2) is 0 Å². The van der Waals surface area contributed by atoms with E-state index in [9.17, 15) is 24.6 Å². The molecule has 3 rings (SSSR count). The van der Waals surface area contributed by atoms with Gasteiger partial charge in [0, 0.05) is 5.56 Å². The Balaban J connectivity index is 2.33. The Hall–Kier alpha value is -2.83. The zero-order valence-electron chi connectivity index (χ0n) is 18.6. The standard InChI is InChI=1S/C20H27N5O6S/c1-6-13(31-10-11(2)26)9-23-17-14(12(3)16(32-17)25-21-7-8-22-25)15(27)24(19(23)30)20(4,5)18(28)29/h7-8,11,13,26H,6,9-10H2,1-5H3,(H,28,29)/t11-,13-/m1/s1. The molecular formula is C20H27N5O6S. The minimum Gasteiger partial charge on any atom is -0.480 e. The average molecular weight is 466 g/mol. The van der Waals surface area contributed by atoms with Crippen LogP contribution >= 0.6 is 11.3 Å². The van der Waals surface area contributed by atoms with E-state index in [-0.39, 0.29) is 18.5 Å².